The third-order valence-electron chi connectivity index (χ3n) is 5.04. The summed E-state index contributed by atoms with van der Waals surface area (Å²) in [5, 5.41) is 0.749. The smallest absolute Gasteiger partial charge is 0.252 e. The molecule has 11 heteroatoms. The number of para-hydroxylation sites is 1. The average Bonchev–Trinajstić information content (AvgIpc) is 3.42. The number of aromatic nitrogens is 2. The highest BCUT2D eigenvalue weighted by atomic mass is 35.5. The van der Waals surface area contributed by atoms with Gasteiger partial charge in [0.15, 0.2) is 5.16 Å². The zero-order valence-corrected chi connectivity index (χ0v) is 20.0. The van der Waals surface area contributed by atoms with Crippen molar-refractivity contribution >= 4 is 50.6 Å². The molecule has 3 aromatic rings. The highest BCUT2D eigenvalue weighted by molar-refractivity contribution is 7.99. The predicted octanol–water partition coefficient (Wildman–Crippen LogP) is 3.52. The van der Waals surface area contributed by atoms with E-state index in [0.717, 1.165) is 27.7 Å². The standard InChI is InChI=1S/C20H21ClN4O3S3/c1-15-4-2-3-5-16(15)25-9-8-22-20(25)29-14-18(26)23-10-12-24(13-11-23)31(27,28)19-7-6-17(21)30-19/h2-9H,10-14H2,1H3. The van der Waals surface area contributed by atoms with Gasteiger partial charge in [-0.05, 0) is 30.7 Å². The van der Waals surface area contributed by atoms with E-state index in [0.29, 0.717) is 17.4 Å². The van der Waals surface area contributed by atoms with E-state index >= 15 is 0 Å². The number of carbonyl (C=O) groups excluding carboxylic acids is 1. The lowest BCUT2D eigenvalue weighted by molar-refractivity contribution is -0.129. The van der Waals surface area contributed by atoms with E-state index < -0.39 is 10.0 Å². The van der Waals surface area contributed by atoms with Crippen LogP contribution < -0.4 is 0 Å². The first kappa shape index (κ1) is 22.3. The van der Waals surface area contributed by atoms with Gasteiger partial charge in [0.1, 0.15) is 4.21 Å². The molecule has 0 unspecified atom stereocenters. The molecule has 0 radical (unpaired) electrons. The second-order valence-electron chi connectivity index (χ2n) is 7.00. The molecule has 2 aromatic heterocycles. The van der Waals surface area contributed by atoms with Gasteiger partial charge in [0.2, 0.25) is 5.91 Å². The molecule has 0 spiro atoms. The highest BCUT2D eigenvalue weighted by Gasteiger charge is 2.31. The molecule has 7 nitrogen and oxygen atoms in total. The van der Waals surface area contributed by atoms with Crippen LogP contribution in [0.1, 0.15) is 5.56 Å². The third-order valence-corrected chi connectivity index (χ3v) is 9.59. The lowest BCUT2D eigenvalue weighted by Crippen LogP contribution is -2.50. The van der Waals surface area contributed by atoms with Gasteiger partial charge in [-0.3, -0.25) is 9.36 Å². The van der Waals surface area contributed by atoms with Gasteiger partial charge < -0.3 is 4.90 Å². The lowest BCUT2D eigenvalue weighted by Gasteiger charge is -2.33. The predicted molar refractivity (Wildman–Crippen MR) is 124 cm³/mol. The number of hydrogen-bond acceptors (Lipinski definition) is 6. The van der Waals surface area contributed by atoms with Gasteiger partial charge in [-0.2, -0.15) is 4.31 Å². The molecule has 1 aliphatic rings. The van der Waals surface area contributed by atoms with E-state index in [9.17, 15) is 13.2 Å². The molecule has 0 aliphatic carbocycles. The number of amides is 1. The molecule has 164 valence electrons. The Morgan fingerprint density at radius 3 is 2.58 bits per heavy atom. The number of hydrogen-bond donors (Lipinski definition) is 0. The fraction of sp³-hybridized carbons (Fsp3) is 0.300. The molecular formula is C20H21ClN4O3S3. The summed E-state index contributed by atoms with van der Waals surface area (Å²) in [6.45, 7) is 3.30. The van der Waals surface area contributed by atoms with Crippen LogP contribution in [0.3, 0.4) is 0 Å². The average molecular weight is 497 g/mol. The number of thiophene rings is 1. The number of imidazole rings is 1. The Hall–Kier alpha value is -1.85. The number of benzene rings is 1. The number of rotatable bonds is 6. The second kappa shape index (κ2) is 9.33. The van der Waals surface area contributed by atoms with E-state index in [1.54, 1.807) is 17.2 Å². The van der Waals surface area contributed by atoms with Crippen LogP contribution in [0, 0.1) is 6.92 Å². The summed E-state index contributed by atoms with van der Waals surface area (Å²) < 4.78 is 29.5. The molecule has 1 aliphatic heterocycles. The Kier molecular flexibility index (Phi) is 6.73. The van der Waals surface area contributed by atoms with E-state index in [1.807, 2.05) is 42.0 Å². The van der Waals surface area contributed by atoms with E-state index in [4.69, 9.17) is 11.6 Å². The normalized spacial score (nSPS) is 15.4. The minimum absolute atomic E-state index is 0.0273. The summed E-state index contributed by atoms with van der Waals surface area (Å²) in [5.41, 5.74) is 2.15. The van der Waals surface area contributed by atoms with E-state index in [2.05, 4.69) is 4.98 Å². The van der Waals surface area contributed by atoms with Gasteiger partial charge in [0, 0.05) is 38.6 Å². The van der Waals surface area contributed by atoms with E-state index in [1.165, 1.54) is 22.1 Å². The van der Waals surface area contributed by atoms with E-state index in [-0.39, 0.29) is 29.0 Å². The molecule has 1 amide bonds. The molecule has 0 N–H and O–H groups in total. The molecule has 1 saturated heterocycles. The molecule has 1 fully saturated rings. The van der Waals surface area contributed by atoms with Gasteiger partial charge in [-0.25, -0.2) is 13.4 Å². The minimum Gasteiger partial charge on any atom is -0.339 e. The van der Waals surface area contributed by atoms with Crippen molar-refractivity contribution in [3.05, 3.63) is 58.7 Å². The van der Waals surface area contributed by atoms with Crippen molar-refractivity contribution in [3.8, 4) is 5.69 Å². The van der Waals surface area contributed by atoms with Crippen molar-refractivity contribution in [2.75, 3.05) is 31.9 Å². The quantitative estimate of drug-likeness (QED) is 0.488. The zero-order valence-electron chi connectivity index (χ0n) is 16.8. The lowest BCUT2D eigenvalue weighted by atomic mass is 10.2. The minimum atomic E-state index is -3.57. The molecule has 0 atom stereocenters. The Labute approximate surface area is 194 Å². The van der Waals surface area contributed by atoms with Crippen molar-refractivity contribution in [3.63, 3.8) is 0 Å². The fourth-order valence-corrected chi connectivity index (χ4v) is 7.30. The number of carbonyl (C=O) groups is 1. The first-order valence-electron chi connectivity index (χ1n) is 9.61. The number of halogens is 1. The van der Waals surface area contributed by atoms with Crippen LogP contribution in [-0.4, -0.2) is 65.0 Å². The molecule has 3 heterocycles. The largest absolute Gasteiger partial charge is 0.339 e. The SMILES string of the molecule is Cc1ccccc1-n1ccnc1SCC(=O)N1CCN(S(=O)(=O)c2ccc(Cl)s2)CC1. The Balaban J connectivity index is 1.35. The van der Waals surface area contributed by atoms with Crippen molar-refractivity contribution in [2.24, 2.45) is 0 Å². The number of aryl methyl sites for hydroxylation is 1. The number of thioether (sulfide) groups is 1. The molecule has 0 saturated carbocycles. The molecule has 4 rings (SSSR count). The number of piperazine rings is 1. The van der Waals surface area contributed by atoms with Gasteiger partial charge in [-0.1, -0.05) is 41.6 Å². The van der Waals surface area contributed by atoms with Crippen LogP contribution in [0.25, 0.3) is 5.69 Å². The number of nitrogens with zero attached hydrogens (tertiary/aromatic N) is 4. The van der Waals surface area contributed by atoms with Crippen LogP contribution in [-0.2, 0) is 14.8 Å². The summed E-state index contributed by atoms with van der Waals surface area (Å²) >= 11 is 8.31. The molecule has 1 aromatic carbocycles. The Morgan fingerprint density at radius 1 is 1.16 bits per heavy atom. The molecule has 31 heavy (non-hydrogen) atoms. The second-order valence-corrected chi connectivity index (χ2v) is 11.8. The first-order chi connectivity index (χ1) is 14.9. The third kappa shape index (κ3) is 4.83. The van der Waals surface area contributed by atoms with Crippen molar-refractivity contribution in [2.45, 2.75) is 16.3 Å². The highest BCUT2D eigenvalue weighted by Crippen LogP contribution is 2.29. The summed E-state index contributed by atoms with van der Waals surface area (Å²) in [5.74, 6) is 0.219. The van der Waals surface area contributed by atoms with Crippen LogP contribution in [0.4, 0.5) is 0 Å². The number of sulfonamides is 1. The molecular weight excluding hydrogens is 476 g/mol. The summed E-state index contributed by atoms with van der Waals surface area (Å²) in [7, 11) is -3.57. The maximum atomic E-state index is 12.7. The van der Waals surface area contributed by atoms with Crippen molar-refractivity contribution in [1.82, 2.24) is 18.8 Å². The van der Waals surface area contributed by atoms with Crippen LogP contribution in [0.15, 0.2) is 58.2 Å². The maximum Gasteiger partial charge on any atom is 0.252 e. The summed E-state index contributed by atoms with van der Waals surface area (Å²) in [6, 6.07) is 11.1. The van der Waals surface area contributed by atoms with Crippen LogP contribution in [0.5, 0.6) is 0 Å². The van der Waals surface area contributed by atoms with Gasteiger partial charge in [0.05, 0.1) is 15.8 Å². The van der Waals surface area contributed by atoms with Gasteiger partial charge >= 0.3 is 0 Å². The van der Waals surface area contributed by atoms with Crippen molar-refractivity contribution < 1.29 is 13.2 Å². The summed E-state index contributed by atoms with van der Waals surface area (Å²) in [4.78, 5) is 18.8. The zero-order chi connectivity index (χ0) is 22.0. The maximum absolute atomic E-state index is 12.7. The monoisotopic (exact) mass is 496 g/mol. The van der Waals surface area contributed by atoms with Gasteiger partial charge in [0.25, 0.3) is 10.0 Å². The first-order valence-corrected chi connectivity index (χ1v) is 13.2. The van der Waals surface area contributed by atoms with Crippen molar-refractivity contribution in [1.29, 1.82) is 0 Å². The summed E-state index contributed by atoms with van der Waals surface area (Å²) in [6.07, 6.45) is 3.61. The Morgan fingerprint density at radius 2 is 1.90 bits per heavy atom. The van der Waals surface area contributed by atoms with Crippen LogP contribution in [0.2, 0.25) is 4.34 Å². The van der Waals surface area contributed by atoms with Gasteiger partial charge in [-0.15, -0.1) is 11.3 Å². The fourth-order valence-electron chi connectivity index (χ4n) is 3.37. The molecule has 0 bridgehead atoms. The Bertz CT molecular complexity index is 1180. The van der Waals surface area contributed by atoms with Crippen LogP contribution >= 0.6 is 34.7 Å². The topological polar surface area (TPSA) is 75.5 Å².